The van der Waals surface area contributed by atoms with Gasteiger partial charge in [-0.05, 0) is 0 Å². The van der Waals surface area contributed by atoms with Crippen molar-refractivity contribution in [1.29, 1.82) is 0 Å². The Bertz CT molecular complexity index is 237. The Morgan fingerprint density at radius 3 is 1.77 bits per heavy atom. The predicted molar refractivity (Wildman–Crippen MR) is 54.8 cm³/mol. The van der Waals surface area contributed by atoms with Crippen molar-refractivity contribution in [3.63, 3.8) is 0 Å². The van der Waals surface area contributed by atoms with Crippen LogP contribution in [0, 0.1) is 0 Å². The predicted octanol–water partition coefficient (Wildman–Crippen LogP) is 2.89. The monoisotopic (exact) mass is 264 g/mol. The van der Waals surface area contributed by atoms with E-state index in [1.165, 1.54) is 14.2 Å². The Hall–Kier alpha value is 0.820. The highest BCUT2D eigenvalue weighted by molar-refractivity contribution is 6.47. The zero-order valence-electron chi connectivity index (χ0n) is 6.98. The molecule has 0 radical (unpaired) electrons. The maximum Gasteiger partial charge on any atom is 0.225 e. The van der Waals surface area contributed by atoms with Crippen LogP contribution in [0.4, 0.5) is 0 Å². The van der Waals surface area contributed by atoms with Crippen molar-refractivity contribution in [2.45, 2.75) is 16.5 Å². The van der Waals surface area contributed by atoms with Gasteiger partial charge >= 0.3 is 0 Å². The second-order valence-electron chi connectivity index (χ2n) is 2.54. The summed E-state index contributed by atoms with van der Waals surface area (Å²) < 4.78 is 10.2. The largest absolute Gasteiger partial charge is 0.347 e. The van der Waals surface area contributed by atoms with E-state index < -0.39 is 16.5 Å². The molecule has 2 atom stereocenters. The third-order valence-corrected chi connectivity index (χ3v) is 4.22. The minimum Gasteiger partial charge on any atom is -0.347 e. The summed E-state index contributed by atoms with van der Waals surface area (Å²) in [4.78, 5) is 0. The normalized spacial score (nSPS) is 32.8. The van der Waals surface area contributed by atoms with Gasteiger partial charge in [-0.2, -0.15) is 0 Å². The molecular weight excluding hydrogens is 258 g/mol. The van der Waals surface area contributed by atoms with Crippen LogP contribution >= 0.6 is 46.4 Å². The molecule has 2 unspecified atom stereocenters. The molecule has 0 aromatic carbocycles. The fourth-order valence-corrected chi connectivity index (χ4v) is 2.73. The molecule has 1 aliphatic carbocycles. The summed E-state index contributed by atoms with van der Waals surface area (Å²) in [6.45, 7) is 0. The molecule has 0 N–H and O–H groups in total. The van der Waals surface area contributed by atoms with Crippen molar-refractivity contribution >= 4 is 46.4 Å². The molecule has 6 heteroatoms. The molecule has 0 bridgehead atoms. The van der Waals surface area contributed by atoms with Crippen molar-refractivity contribution in [3.05, 3.63) is 10.1 Å². The summed E-state index contributed by atoms with van der Waals surface area (Å²) in [7, 11) is 2.86. The first-order chi connectivity index (χ1) is 6.01. The number of hydrogen-bond acceptors (Lipinski definition) is 2. The number of methoxy groups -OCH3 is 2. The highest BCUT2D eigenvalue weighted by Crippen LogP contribution is 2.47. The van der Waals surface area contributed by atoms with Crippen LogP contribution in [0.2, 0.25) is 0 Å². The zero-order chi connectivity index (χ0) is 10.2. The van der Waals surface area contributed by atoms with Gasteiger partial charge in [0.25, 0.3) is 0 Å². The standard InChI is InChI=1S/C7H8Cl4O2/c1-12-7(13-2)5(10)3(8)4(9)6(7)11/h3,5H,1-2H3. The molecule has 0 aromatic heterocycles. The van der Waals surface area contributed by atoms with E-state index in [2.05, 4.69) is 0 Å². The fraction of sp³-hybridized carbons (Fsp3) is 0.714. The van der Waals surface area contributed by atoms with Crippen LogP contribution < -0.4 is 0 Å². The van der Waals surface area contributed by atoms with Gasteiger partial charge < -0.3 is 9.47 Å². The Morgan fingerprint density at radius 2 is 1.62 bits per heavy atom. The molecule has 13 heavy (non-hydrogen) atoms. The summed E-state index contributed by atoms with van der Waals surface area (Å²) >= 11 is 23.6. The van der Waals surface area contributed by atoms with Crippen LogP contribution in [0.25, 0.3) is 0 Å². The van der Waals surface area contributed by atoms with Gasteiger partial charge in [-0.1, -0.05) is 23.2 Å². The molecule has 1 rings (SSSR count). The van der Waals surface area contributed by atoms with E-state index in [1.807, 2.05) is 0 Å². The average Bonchev–Trinajstić information content (AvgIpc) is 2.31. The van der Waals surface area contributed by atoms with E-state index in [0.29, 0.717) is 0 Å². The lowest BCUT2D eigenvalue weighted by Gasteiger charge is -2.30. The van der Waals surface area contributed by atoms with Gasteiger partial charge in [-0.15, -0.1) is 23.2 Å². The number of halogens is 4. The highest BCUT2D eigenvalue weighted by atomic mass is 35.5. The summed E-state index contributed by atoms with van der Waals surface area (Å²) in [6.07, 6.45) is 0. The Morgan fingerprint density at radius 1 is 1.15 bits per heavy atom. The lowest BCUT2D eigenvalue weighted by molar-refractivity contribution is -0.168. The van der Waals surface area contributed by atoms with E-state index >= 15 is 0 Å². The summed E-state index contributed by atoms with van der Waals surface area (Å²) in [5.41, 5.74) is 0. The van der Waals surface area contributed by atoms with Gasteiger partial charge in [0.2, 0.25) is 5.79 Å². The maximum atomic E-state index is 5.98. The van der Waals surface area contributed by atoms with Crippen molar-refractivity contribution in [2.24, 2.45) is 0 Å². The number of allylic oxidation sites excluding steroid dienone is 1. The zero-order valence-corrected chi connectivity index (χ0v) is 10.0. The minimum absolute atomic E-state index is 0.208. The first-order valence-electron chi connectivity index (χ1n) is 3.45. The van der Waals surface area contributed by atoms with Crippen molar-refractivity contribution in [1.82, 2.24) is 0 Å². The summed E-state index contributed by atoms with van der Waals surface area (Å²) in [5, 5.41) is -0.744. The lowest BCUT2D eigenvalue weighted by atomic mass is 10.2. The molecule has 76 valence electrons. The van der Waals surface area contributed by atoms with E-state index in [4.69, 9.17) is 55.9 Å². The second-order valence-corrected chi connectivity index (χ2v) is 4.27. The summed E-state index contributed by atoms with van der Waals surface area (Å²) in [6, 6.07) is 0. The molecule has 0 fully saturated rings. The third-order valence-electron chi connectivity index (χ3n) is 1.98. The summed E-state index contributed by atoms with van der Waals surface area (Å²) in [5.74, 6) is -1.22. The Kier molecular flexibility index (Phi) is 3.78. The van der Waals surface area contributed by atoms with Crippen LogP contribution in [-0.4, -0.2) is 30.8 Å². The average molecular weight is 266 g/mol. The van der Waals surface area contributed by atoms with Gasteiger partial charge in [0.05, 0.1) is 15.4 Å². The Balaban J connectivity index is 3.12. The molecule has 0 aliphatic heterocycles. The molecule has 2 nitrogen and oxygen atoms in total. The van der Waals surface area contributed by atoms with Gasteiger partial charge in [-0.3, -0.25) is 0 Å². The third kappa shape index (κ3) is 1.58. The topological polar surface area (TPSA) is 18.5 Å². The van der Waals surface area contributed by atoms with E-state index in [1.54, 1.807) is 0 Å². The van der Waals surface area contributed by atoms with Crippen LogP contribution in [0.3, 0.4) is 0 Å². The molecule has 0 heterocycles. The SMILES string of the molecule is COC1(OC)C(Cl)=C(Cl)C(Cl)C1Cl. The molecule has 0 spiro atoms. The number of alkyl halides is 2. The van der Waals surface area contributed by atoms with E-state index in [-0.39, 0.29) is 10.1 Å². The molecular formula is C7H8Cl4O2. The Labute approximate surface area is 96.7 Å². The molecule has 0 aromatic rings. The first kappa shape index (κ1) is 11.9. The maximum absolute atomic E-state index is 5.98. The lowest BCUT2D eigenvalue weighted by Crippen LogP contribution is -2.43. The van der Waals surface area contributed by atoms with Crippen molar-refractivity contribution < 1.29 is 9.47 Å². The highest BCUT2D eigenvalue weighted by Gasteiger charge is 2.53. The van der Waals surface area contributed by atoms with Crippen molar-refractivity contribution in [3.8, 4) is 0 Å². The number of hydrogen-bond donors (Lipinski definition) is 0. The van der Waals surface area contributed by atoms with Crippen LogP contribution in [-0.2, 0) is 9.47 Å². The molecule has 0 amide bonds. The van der Waals surface area contributed by atoms with Crippen LogP contribution in [0.5, 0.6) is 0 Å². The fourth-order valence-electron chi connectivity index (χ4n) is 1.22. The van der Waals surface area contributed by atoms with Gasteiger partial charge in [0, 0.05) is 14.2 Å². The minimum atomic E-state index is -1.22. The second kappa shape index (κ2) is 4.13. The van der Waals surface area contributed by atoms with Crippen molar-refractivity contribution in [2.75, 3.05) is 14.2 Å². The van der Waals surface area contributed by atoms with Gasteiger partial charge in [0.1, 0.15) is 5.38 Å². The molecule has 1 aliphatic rings. The number of ether oxygens (including phenoxy) is 2. The number of rotatable bonds is 2. The quantitative estimate of drug-likeness (QED) is 0.565. The molecule has 0 saturated carbocycles. The van der Waals surface area contributed by atoms with E-state index in [9.17, 15) is 0 Å². The van der Waals surface area contributed by atoms with Crippen LogP contribution in [0.1, 0.15) is 0 Å². The smallest absolute Gasteiger partial charge is 0.225 e. The first-order valence-corrected chi connectivity index (χ1v) is 5.08. The van der Waals surface area contributed by atoms with Crippen LogP contribution in [0.15, 0.2) is 10.1 Å². The van der Waals surface area contributed by atoms with Gasteiger partial charge in [-0.25, -0.2) is 0 Å². The van der Waals surface area contributed by atoms with E-state index in [0.717, 1.165) is 0 Å². The van der Waals surface area contributed by atoms with Gasteiger partial charge in [0.15, 0.2) is 0 Å². The molecule has 0 saturated heterocycles.